The van der Waals surface area contributed by atoms with Crippen LogP contribution in [0.4, 0.5) is 5.82 Å². The fourth-order valence-electron chi connectivity index (χ4n) is 4.59. The first kappa shape index (κ1) is 24.6. The summed E-state index contributed by atoms with van der Waals surface area (Å²) in [6.07, 6.45) is 7.21. The first-order chi connectivity index (χ1) is 16.9. The Bertz CT molecular complexity index is 1250. The van der Waals surface area contributed by atoms with E-state index < -0.39 is 5.91 Å². The molecule has 3 N–H and O–H groups in total. The molecule has 3 heterocycles. The van der Waals surface area contributed by atoms with Gasteiger partial charge in [0.25, 0.3) is 0 Å². The van der Waals surface area contributed by atoms with Crippen LogP contribution in [0.5, 0.6) is 0 Å². The number of nitriles is 1. The van der Waals surface area contributed by atoms with Crippen LogP contribution in [0.25, 0.3) is 11.6 Å². The Labute approximate surface area is 207 Å². The number of amides is 2. The van der Waals surface area contributed by atoms with Crippen LogP contribution in [0, 0.1) is 25.2 Å². The van der Waals surface area contributed by atoms with Crippen LogP contribution in [0.2, 0.25) is 0 Å². The van der Waals surface area contributed by atoms with Gasteiger partial charge in [-0.3, -0.25) is 14.2 Å². The van der Waals surface area contributed by atoms with Gasteiger partial charge in [-0.2, -0.15) is 5.26 Å². The molecule has 0 unspecified atom stereocenters. The van der Waals surface area contributed by atoms with Crippen molar-refractivity contribution in [3.63, 3.8) is 0 Å². The molecular formula is C24H29N7O3S. The summed E-state index contributed by atoms with van der Waals surface area (Å²) in [5, 5.41) is 21.7. The van der Waals surface area contributed by atoms with Crippen molar-refractivity contribution < 1.29 is 14.0 Å². The molecule has 0 saturated heterocycles. The Balaban J connectivity index is 1.53. The minimum atomic E-state index is -0.448. The lowest BCUT2D eigenvalue weighted by Crippen LogP contribution is -2.22. The number of carbonyl (C=O) groups excluding carboxylic acids is 2. The molecule has 184 valence electrons. The third-order valence-electron chi connectivity index (χ3n) is 6.44. The van der Waals surface area contributed by atoms with E-state index in [9.17, 15) is 14.9 Å². The number of thioether (sulfide) groups is 1. The lowest BCUT2D eigenvalue weighted by atomic mass is 9.95. The van der Waals surface area contributed by atoms with Gasteiger partial charge < -0.3 is 20.0 Å². The predicted molar refractivity (Wildman–Crippen MR) is 132 cm³/mol. The maximum atomic E-state index is 13.0. The number of furan rings is 1. The third-order valence-corrected chi connectivity index (χ3v) is 7.41. The number of hydrogen-bond acceptors (Lipinski definition) is 7. The van der Waals surface area contributed by atoms with Gasteiger partial charge in [-0.05, 0) is 44.4 Å². The van der Waals surface area contributed by atoms with Gasteiger partial charge >= 0.3 is 0 Å². The zero-order valence-electron chi connectivity index (χ0n) is 19.9. The number of rotatable bonds is 9. The first-order valence-electron chi connectivity index (χ1n) is 11.7. The van der Waals surface area contributed by atoms with Gasteiger partial charge in [0.2, 0.25) is 11.8 Å². The molecule has 1 saturated carbocycles. The van der Waals surface area contributed by atoms with Gasteiger partial charge in [0.1, 0.15) is 11.9 Å². The number of anilines is 1. The van der Waals surface area contributed by atoms with E-state index in [-0.39, 0.29) is 30.7 Å². The summed E-state index contributed by atoms with van der Waals surface area (Å²) in [5.74, 6) is 0.912. The van der Waals surface area contributed by atoms with Crippen LogP contribution in [0.1, 0.15) is 61.4 Å². The number of hydrogen-bond donors (Lipinski definition) is 2. The fraction of sp³-hybridized carbons (Fsp3) is 0.458. The summed E-state index contributed by atoms with van der Waals surface area (Å²) < 4.78 is 9.30. The molecule has 1 aliphatic rings. The number of nitrogens with two attached hydrogens (primary N) is 1. The Kier molecular flexibility index (Phi) is 7.60. The third kappa shape index (κ3) is 5.27. The average molecular weight is 496 g/mol. The van der Waals surface area contributed by atoms with E-state index in [0.29, 0.717) is 28.1 Å². The molecule has 1 fully saturated rings. The van der Waals surface area contributed by atoms with Gasteiger partial charge in [-0.25, -0.2) is 0 Å². The van der Waals surface area contributed by atoms with Crippen molar-refractivity contribution in [1.82, 2.24) is 19.3 Å². The molecule has 11 heteroatoms. The summed E-state index contributed by atoms with van der Waals surface area (Å²) in [5.41, 5.74) is 7.76. The molecule has 3 aromatic rings. The Hall–Kier alpha value is -3.52. The smallest absolute Gasteiger partial charge is 0.235 e. The monoisotopic (exact) mass is 495 g/mol. The second kappa shape index (κ2) is 10.8. The molecule has 0 aromatic carbocycles. The van der Waals surface area contributed by atoms with E-state index in [4.69, 9.17) is 10.2 Å². The number of nitrogens with one attached hydrogen (secondary N) is 1. The largest absolute Gasteiger partial charge is 0.461 e. The van der Waals surface area contributed by atoms with Crippen LogP contribution < -0.4 is 11.1 Å². The second-order valence-corrected chi connectivity index (χ2v) is 9.64. The van der Waals surface area contributed by atoms with Crippen molar-refractivity contribution in [1.29, 1.82) is 5.26 Å². The molecule has 0 atom stereocenters. The predicted octanol–water partition coefficient (Wildman–Crippen LogP) is 3.94. The van der Waals surface area contributed by atoms with E-state index in [0.717, 1.165) is 36.9 Å². The fourth-order valence-corrected chi connectivity index (χ4v) is 5.35. The molecule has 1 aliphatic carbocycles. The molecule has 4 rings (SSSR count). The van der Waals surface area contributed by atoms with E-state index in [2.05, 4.69) is 26.2 Å². The highest BCUT2D eigenvalue weighted by Crippen LogP contribution is 2.37. The second-order valence-electron chi connectivity index (χ2n) is 8.70. The Morgan fingerprint density at radius 3 is 2.71 bits per heavy atom. The van der Waals surface area contributed by atoms with Crippen molar-refractivity contribution in [2.45, 2.75) is 70.1 Å². The van der Waals surface area contributed by atoms with Crippen LogP contribution in [0.3, 0.4) is 0 Å². The van der Waals surface area contributed by atoms with Crippen LogP contribution in [0.15, 0.2) is 28.0 Å². The van der Waals surface area contributed by atoms with Gasteiger partial charge in [0.05, 0.1) is 17.6 Å². The van der Waals surface area contributed by atoms with Gasteiger partial charge in [-0.15, -0.1) is 10.2 Å². The summed E-state index contributed by atoms with van der Waals surface area (Å²) in [7, 11) is 0. The van der Waals surface area contributed by atoms with Gasteiger partial charge in [0.15, 0.2) is 16.7 Å². The molecule has 35 heavy (non-hydrogen) atoms. The van der Waals surface area contributed by atoms with Gasteiger partial charge in [-0.1, -0.05) is 31.0 Å². The molecule has 0 radical (unpaired) electrons. The Morgan fingerprint density at radius 2 is 2.06 bits per heavy atom. The van der Waals surface area contributed by atoms with E-state index >= 15 is 0 Å². The quantitative estimate of drug-likeness (QED) is 0.428. The summed E-state index contributed by atoms with van der Waals surface area (Å²) in [6.45, 7) is 4.20. The Morgan fingerprint density at radius 1 is 1.29 bits per heavy atom. The van der Waals surface area contributed by atoms with Crippen LogP contribution in [-0.2, 0) is 16.1 Å². The normalized spacial score (nSPS) is 14.1. The number of nitrogens with zero attached hydrogens (tertiary/aromatic N) is 5. The highest BCUT2D eigenvalue weighted by Gasteiger charge is 2.26. The molecular weight excluding hydrogens is 466 g/mol. The molecule has 0 spiro atoms. The summed E-state index contributed by atoms with van der Waals surface area (Å²) in [4.78, 5) is 24.4. The summed E-state index contributed by atoms with van der Waals surface area (Å²) in [6, 6.07) is 6.04. The van der Waals surface area contributed by atoms with Gasteiger partial charge in [0, 0.05) is 24.7 Å². The van der Waals surface area contributed by atoms with Crippen molar-refractivity contribution in [3.8, 4) is 17.7 Å². The summed E-state index contributed by atoms with van der Waals surface area (Å²) >= 11 is 1.20. The van der Waals surface area contributed by atoms with Crippen LogP contribution in [-0.4, -0.2) is 36.9 Å². The van der Waals surface area contributed by atoms with Crippen LogP contribution >= 0.6 is 11.8 Å². The highest BCUT2D eigenvalue weighted by molar-refractivity contribution is 7.99. The van der Waals surface area contributed by atoms with E-state index in [1.54, 1.807) is 16.7 Å². The highest BCUT2D eigenvalue weighted by atomic mass is 32.2. The van der Waals surface area contributed by atoms with Crippen molar-refractivity contribution in [2.24, 2.45) is 5.73 Å². The van der Waals surface area contributed by atoms with Crippen molar-refractivity contribution in [2.75, 3.05) is 11.1 Å². The van der Waals surface area contributed by atoms with Crippen molar-refractivity contribution in [3.05, 3.63) is 35.2 Å². The van der Waals surface area contributed by atoms with E-state index in [1.165, 1.54) is 24.4 Å². The van der Waals surface area contributed by atoms with E-state index in [1.807, 2.05) is 13.8 Å². The topological polar surface area (TPSA) is 145 Å². The minimum absolute atomic E-state index is 0.0612. The average Bonchev–Trinajstić information content (AvgIpc) is 3.56. The minimum Gasteiger partial charge on any atom is -0.461 e. The standard InChI is InChI=1S/C24H29N7O3S/c1-15-16(2)31(17-7-4-3-5-8-17)22(18(15)13-25)27-21(33)14-35-24-29-28-23(19-9-6-12-34-19)30(24)11-10-20(26)32/h6,9,12,17H,3-5,7-8,10-11,14H2,1-2H3,(H2,26,32)(H,27,33). The SMILES string of the molecule is Cc1c(C#N)c(NC(=O)CSc2nnc(-c3ccco3)n2CCC(N)=O)n(C2CCCCC2)c1C. The number of primary amides is 1. The zero-order valence-corrected chi connectivity index (χ0v) is 20.7. The lowest BCUT2D eigenvalue weighted by molar-refractivity contribution is -0.118. The first-order valence-corrected chi connectivity index (χ1v) is 12.7. The molecule has 10 nitrogen and oxygen atoms in total. The molecule has 3 aromatic heterocycles. The molecule has 0 aliphatic heterocycles. The van der Waals surface area contributed by atoms with Crippen molar-refractivity contribution >= 4 is 29.4 Å². The lowest BCUT2D eigenvalue weighted by Gasteiger charge is -2.27. The molecule has 2 amide bonds. The molecule has 0 bridgehead atoms. The maximum Gasteiger partial charge on any atom is 0.235 e. The number of aromatic nitrogens is 4. The number of carbonyl (C=O) groups is 2. The zero-order chi connectivity index (χ0) is 24.9. The maximum absolute atomic E-state index is 13.0.